The lowest BCUT2D eigenvalue weighted by Crippen LogP contribution is -2.47. The van der Waals surface area contributed by atoms with E-state index in [9.17, 15) is 9.59 Å². The van der Waals surface area contributed by atoms with Crippen molar-refractivity contribution in [1.82, 2.24) is 4.90 Å². The Hall–Kier alpha value is -2.57. The third-order valence-corrected chi connectivity index (χ3v) is 4.40. The quantitative estimate of drug-likeness (QED) is 0.792. The average molecular weight is 332 g/mol. The number of hydrogen-bond donors (Lipinski definition) is 0. The van der Waals surface area contributed by atoms with Crippen LogP contribution in [0.3, 0.4) is 0 Å². The molecule has 1 saturated heterocycles. The van der Waals surface area contributed by atoms with Gasteiger partial charge in [-0.1, -0.05) is 35.5 Å². The van der Waals surface area contributed by atoms with Crippen LogP contribution < -0.4 is 0 Å². The summed E-state index contributed by atoms with van der Waals surface area (Å²) in [5.41, 5.74) is 0.756. The molecule has 2 aliphatic rings. The third-order valence-electron chi connectivity index (χ3n) is 4.40. The van der Waals surface area contributed by atoms with Crippen LogP contribution in [0, 0.1) is 0 Å². The number of benzene rings is 1. The highest BCUT2D eigenvalue weighted by molar-refractivity contribution is 6.36. The number of nitrogens with zero attached hydrogens (tertiary/aromatic N) is 2. The second kappa shape index (κ2) is 6.90. The van der Waals surface area contributed by atoms with Gasteiger partial charge in [-0.05, 0) is 5.56 Å². The number of oxime groups is 1. The molecule has 0 unspecified atom stereocenters. The number of carbonyl (C=O) groups excluding carboxylic acids is 2. The van der Waals surface area contributed by atoms with Gasteiger partial charge in [-0.25, -0.2) is 9.59 Å². The molecule has 1 fully saturated rings. The van der Waals surface area contributed by atoms with Gasteiger partial charge in [0.25, 0.3) is 0 Å². The van der Waals surface area contributed by atoms with Crippen LogP contribution in [0.1, 0.15) is 24.8 Å². The molecular formula is C17H20N2O5. The Morgan fingerprint density at radius 1 is 1.25 bits per heavy atom. The third kappa shape index (κ3) is 3.50. The Morgan fingerprint density at radius 2 is 1.96 bits per heavy atom. The van der Waals surface area contributed by atoms with Gasteiger partial charge in [0.2, 0.25) is 0 Å². The van der Waals surface area contributed by atoms with Crippen molar-refractivity contribution in [2.75, 3.05) is 20.2 Å². The molecular weight excluding hydrogens is 312 g/mol. The Bertz CT molecular complexity index is 636. The monoisotopic (exact) mass is 332 g/mol. The van der Waals surface area contributed by atoms with E-state index in [1.54, 1.807) is 4.90 Å². The van der Waals surface area contributed by atoms with Crippen molar-refractivity contribution in [2.24, 2.45) is 5.16 Å². The van der Waals surface area contributed by atoms with E-state index in [1.165, 1.54) is 7.11 Å². The first-order valence-corrected chi connectivity index (χ1v) is 7.91. The van der Waals surface area contributed by atoms with Crippen LogP contribution >= 0.6 is 0 Å². The number of carbonyl (C=O) groups is 2. The van der Waals surface area contributed by atoms with Crippen molar-refractivity contribution < 1.29 is 23.9 Å². The Labute approximate surface area is 140 Å². The minimum Gasteiger partial charge on any atom is -0.464 e. The van der Waals surface area contributed by atoms with Gasteiger partial charge in [-0.15, -0.1) is 0 Å². The van der Waals surface area contributed by atoms with Crippen molar-refractivity contribution in [1.29, 1.82) is 0 Å². The lowest BCUT2D eigenvalue weighted by molar-refractivity contribution is -0.132. The molecule has 2 heterocycles. The molecule has 128 valence electrons. The molecule has 7 heteroatoms. The summed E-state index contributed by atoms with van der Waals surface area (Å²) < 4.78 is 10.0. The van der Waals surface area contributed by atoms with Crippen molar-refractivity contribution in [3.8, 4) is 0 Å². The van der Waals surface area contributed by atoms with Gasteiger partial charge in [0.1, 0.15) is 12.2 Å². The SMILES string of the molecule is COC(=O)C1=NOC2(CCN(C(=O)OCc3ccccc3)CC2)C1. The van der Waals surface area contributed by atoms with Crippen molar-refractivity contribution in [3.63, 3.8) is 0 Å². The summed E-state index contributed by atoms with van der Waals surface area (Å²) >= 11 is 0. The van der Waals surface area contributed by atoms with Crippen LogP contribution in [0.5, 0.6) is 0 Å². The molecule has 0 aliphatic carbocycles. The number of hydrogen-bond acceptors (Lipinski definition) is 6. The van der Waals surface area contributed by atoms with E-state index in [4.69, 9.17) is 9.57 Å². The van der Waals surface area contributed by atoms with Crippen LogP contribution in [-0.2, 0) is 25.7 Å². The van der Waals surface area contributed by atoms with Gasteiger partial charge in [0, 0.05) is 32.4 Å². The van der Waals surface area contributed by atoms with Gasteiger partial charge in [-0.3, -0.25) is 0 Å². The summed E-state index contributed by atoms with van der Waals surface area (Å²) in [6, 6.07) is 9.56. The fraction of sp³-hybridized carbons (Fsp3) is 0.471. The first kappa shape index (κ1) is 16.3. The predicted molar refractivity (Wildman–Crippen MR) is 85.3 cm³/mol. The molecule has 0 saturated carbocycles. The molecule has 1 spiro atoms. The fourth-order valence-corrected chi connectivity index (χ4v) is 2.92. The predicted octanol–water partition coefficient (Wildman–Crippen LogP) is 2.11. The van der Waals surface area contributed by atoms with Gasteiger partial charge in [0.15, 0.2) is 5.71 Å². The number of amides is 1. The molecule has 24 heavy (non-hydrogen) atoms. The molecule has 0 N–H and O–H groups in total. The minimum atomic E-state index is -0.500. The lowest BCUT2D eigenvalue weighted by atomic mass is 9.87. The highest BCUT2D eigenvalue weighted by Gasteiger charge is 2.45. The van der Waals surface area contributed by atoms with Crippen LogP contribution in [-0.4, -0.2) is 48.5 Å². The van der Waals surface area contributed by atoms with E-state index >= 15 is 0 Å². The van der Waals surface area contributed by atoms with Crippen LogP contribution in [0.25, 0.3) is 0 Å². The zero-order valence-corrected chi connectivity index (χ0v) is 13.6. The number of ether oxygens (including phenoxy) is 2. The molecule has 1 aromatic carbocycles. The Kier molecular flexibility index (Phi) is 4.69. The van der Waals surface area contributed by atoms with Crippen LogP contribution in [0.4, 0.5) is 4.79 Å². The highest BCUT2D eigenvalue weighted by atomic mass is 16.7. The summed E-state index contributed by atoms with van der Waals surface area (Å²) in [6.45, 7) is 1.28. The standard InChI is InChI=1S/C17H20N2O5/c1-22-15(20)14-11-17(24-18-14)7-9-19(10-8-17)16(21)23-12-13-5-3-2-4-6-13/h2-6H,7-12H2,1H3. The summed E-state index contributed by atoms with van der Waals surface area (Å²) in [6.07, 6.45) is 1.31. The maximum absolute atomic E-state index is 12.2. The van der Waals surface area contributed by atoms with Crippen molar-refractivity contribution >= 4 is 17.8 Å². The zero-order chi connectivity index (χ0) is 17.0. The first-order valence-electron chi connectivity index (χ1n) is 7.91. The maximum Gasteiger partial charge on any atom is 0.410 e. The van der Waals surface area contributed by atoms with E-state index < -0.39 is 11.6 Å². The molecule has 0 radical (unpaired) electrons. The number of piperidine rings is 1. The normalized spacial score (nSPS) is 18.7. The topological polar surface area (TPSA) is 77.4 Å². The van der Waals surface area contributed by atoms with Gasteiger partial charge >= 0.3 is 12.1 Å². The second-order valence-corrected chi connectivity index (χ2v) is 6.01. The molecule has 1 amide bonds. The van der Waals surface area contributed by atoms with Crippen LogP contribution in [0.2, 0.25) is 0 Å². The summed E-state index contributed by atoms with van der Waals surface area (Å²) in [5.74, 6) is -0.462. The van der Waals surface area contributed by atoms with E-state index in [1.807, 2.05) is 30.3 Å². The Morgan fingerprint density at radius 3 is 2.62 bits per heavy atom. The highest BCUT2D eigenvalue weighted by Crippen LogP contribution is 2.35. The number of esters is 1. The van der Waals surface area contributed by atoms with Crippen molar-refractivity contribution in [2.45, 2.75) is 31.5 Å². The number of methoxy groups -OCH3 is 1. The number of rotatable bonds is 3. The molecule has 7 nitrogen and oxygen atoms in total. The zero-order valence-electron chi connectivity index (χ0n) is 13.6. The Balaban J connectivity index is 1.47. The smallest absolute Gasteiger partial charge is 0.410 e. The molecule has 0 aromatic heterocycles. The van der Waals surface area contributed by atoms with E-state index in [0.717, 1.165) is 5.56 Å². The fourth-order valence-electron chi connectivity index (χ4n) is 2.92. The molecule has 2 aliphatic heterocycles. The van der Waals surface area contributed by atoms with Crippen LogP contribution in [0.15, 0.2) is 35.5 Å². The minimum absolute atomic E-state index is 0.257. The second-order valence-electron chi connectivity index (χ2n) is 6.01. The summed E-state index contributed by atoms with van der Waals surface area (Å²) in [7, 11) is 1.32. The number of likely N-dealkylation sites (tertiary alicyclic amines) is 1. The van der Waals surface area contributed by atoms with E-state index in [0.29, 0.717) is 38.1 Å². The lowest BCUT2D eigenvalue weighted by Gasteiger charge is -2.36. The summed E-state index contributed by atoms with van der Waals surface area (Å²) in [4.78, 5) is 30.8. The molecule has 0 bridgehead atoms. The van der Waals surface area contributed by atoms with Gasteiger partial charge in [0.05, 0.1) is 7.11 Å². The van der Waals surface area contributed by atoms with Crippen molar-refractivity contribution in [3.05, 3.63) is 35.9 Å². The van der Waals surface area contributed by atoms with Gasteiger partial charge in [-0.2, -0.15) is 0 Å². The average Bonchev–Trinajstić information content (AvgIpc) is 3.04. The molecule has 0 atom stereocenters. The molecule has 1 aromatic rings. The maximum atomic E-state index is 12.2. The van der Waals surface area contributed by atoms with E-state index in [-0.39, 0.29) is 12.7 Å². The van der Waals surface area contributed by atoms with E-state index in [2.05, 4.69) is 9.89 Å². The largest absolute Gasteiger partial charge is 0.464 e. The molecule has 3 rings (SSSR count). The summed E-state index contributed by atoms with van der Waals surface area (Å²) in [5, 5.41) is 3.84. The van der Waals surface area contributed by atoms with Gasteiger partial charge < -0.3 is 19.2 Å². The first-order chi connectivity index (χ1) is 11.6.